The number of aromatic nitrogens is 1. The molecule has 1 aromatic rings. The second-order valence-corrected chi connectivity index (χ2v) is 3.70. The molecule has 0 bridgehead atoms. The quantitative estimate of drug-likeness (QED) is 0.795. The van der Waals surface area contributed by atoms with E-state index in [1.165, 1.54) is 22.6 Å². The summed E-state index contributed by atoms with van der Waals surface area (Å²) in [5, 5.41) is 8.66. The monoisotopic (exact) mass is 349 g/mol. The standard InChI is InChI=1S/C7H3F3INO4/c8-7(9,10)16-5-4(6(14)15)2(11)1-3(13)12-5/h1H,(H,12,13)(H,14,15). The molecule has 16 heavy (non-hydrogen) atoms. The van der Waals surface area contributed by atoms with Gasteiger partial charge in [-0.15, -0.1) is 13.2 Å². The molecule has 0 spiro atoms. The van der Waals surface area contributed by atoms with Gasteiger partial charge < -0.3 is 9.84 Å². The second-order valence-electron chi connectivity index (χ2n) is 2.54. The molecule has 1 heterocycles. The third kappa shape index (κ3) is 3.12. The fraction of sp³-hybridized carbons (Fsp3) is 0.143. The van der Waals surface area contributed by atoms with Gasteiger partial charge in [0.05, 0.1) is 0 Å². The van der Waals surface area contributed by atoms with E-state index in [0.717, 1.165) is 6.07 Å². The molecule has 88 valence electrons. The summed E-state index contributed by atoms with van der Waals surface area (Å²) in [6.45, 7) is 0. The number of alkyl halides is 3. The van der Waals surface area contributed by atoms with Gasteiger partial charge in [0.1, 0.15) is 5.56 Å². The van der Waals surface area contributed by atoms with E-state index in [-0.39, 0.29) is 3.57 Å². The van der Waals surface area contributed by atoms with Crippen molar-refractivity contribution in [2.45, 2.75) is 6.36 Å². The maximum absolute atomic E-state index is 11.9. The molecule has 0 saturated carbocycles. The summed E-state index contributed by atoms with van der Waals surface area (Å²) < 4.78 is 39.0. The van der Waals surface area contributed by atoms with Crippen molar-refractivity contribution in [1.82, 2.24) is 4.98 Å². The lowest BCUT2D eigenvalue weighted by Crippen LogP contribution is -2.23. The normalized spacial score (nSPS) is 11.2. The van der Waals surface area contributed by atoms with Crippen molar-refractivity contribution < 1.29 is 27.8 Å². The van der Waals surface area contributed by atoms with E-state index in [9.17, 15) is 22.8 Å². The van der Waals surface area contributed by atoms with Crippen molar-refractivity contribution in [2.75, 3.05) is 0 Å². The minimum absolute atomic E-state index is 0.145. The van der Waals surface area contributed by atoms with Gasteiger partial charge in [0, 0.05) is 9.64 Å². The molecule has 0 saturated heterocycles. The van der Waals surface area contributed by atoms with Crippen molar-refractivity contribution in [3.8, 4) is 5.88 Å². The number of carboxylic acid groups (broad SMARTS) is 1. The van der Waals surface area contributed by atoms with E-state index in [4.69, 9.17) is 5.11 Å². The van der Waals surface area contributed by atoms with Gasteiger partial charge in [0.2, 0.25) is 5.88 Å². The fourth-order valence-corrected chi connectivity index (χ4v) is 1.66. The van der Waals surface area contributed by atoms with E-state index >= 15 is 0 Å². The van der Waals surface area contributed by atoms with Crippen LogP contribution in [0.2, 0.25) is 0 Å². The molecule has 0 amide bonds. The molecule has 5 nitrogen and oxygen atoms in total. The van der Waals surface area contributed by atoms with Gasteiger partial charge in [-0.2, -0.15) is 0 Å². The first-order valence-corrected chi connectivity index (χ1v) is 4.70. The summed E-state index contributed by atoms with van der Waals surface area (Å²) in [4.78, 5) is 23.2. The molecular formula is C7H3F3INO4. The topological polar surface area (TPSA) is 79.4 Å². The van der Waals surface area contributed by atoms with Gasteiger partial charge in [-0.05, 0) is 22.6 Å². The van der Waals surface area contributed by atoms with Crippen LogP contribution in [0.1, 0.15) is 10.4 Å². The number of nitrogens with one attached hydrogen (secondary N) is 1. The molecule has 2 N–H and O–H groups in total. The number of pyridine rings is 1. The molecule has 0 aliphatic heterocycles. The minimum Gasteiger partial charge on any atom is -0.477 e. The lowest BCUT2D eigenvalue weighted by Gasteiger charge is -2.11. The molecule has 0 aliphatic rings. The lowest BCUT2D eigenvalue weighted by atomic mass is 10.3. The number of ether oxygens (including phenoxy) is 1. The number of hydrogen-bond donors (Lipinski definition) is 2. The number of H-pyrrole nitrogens is 1. The van der Waals surface area contributed by atoms with Crippen LogP contribution in [-0.2, 0) is 0 Å². The summed E-state index contributed by atoms with van der Waals surface area (Å²) >= 11 is 1.43. The first kappa shape index (κ1) is 12.8. The van der Waals surface area contributed by atoms with Crippen LogP contribution in [0, 0.1) is 3.57 Å². The number of carboxylic acids is 1. The van der Waals surface area contributed by atoms with E-state index < -0.39 is 29.3 Å². The van der Waals surface area contributed by atoms with Crippen LogP contribution in [-0.4, -0.2) is 22.4 Å². The first-order valence-electron chi connectivity index (χ1n) is 3.62. The van der Waals surface area contributed by atoms with Gasteiger partial charge >= 0.3 is 12.3 Å². The van der Waals surface area contributed by atoms with Crippen LogP contribution in [0.4, 0.5) is 13.2 Å². The third-order valence-corrected chi connectivity index (χ3v) is 2.24. The summed E-state index contributed by atoms with van der Waals surface area (Å²) in [7, 11) is 0. The Hall–Kier alpha value is -1.26. The van der Waals surface area contributed by atoms with Crippen molar-refractivity contribution in [1.29, 1.82) is 0 Å². The predicted octanol–water partition coefficient (Wildman–Crippen LogP) is 1.58. The van der Waals surface area contributed by atoms with Crippen molar-refractivity contribution in [3.05, 3.63) is 25.6 Å². The molecule has 0 radical (unpaired) electrons. The molecule has 1 rings (SSSR count). The highest BCUT2D eigenvalue weighted by Crippen LogP contribution is 2.25. The average molecular weight is 349 g/mol. The van der Waals surface area contributed by atoms with Gasteiger partial charge in [-0.1, -0.05) is 0 Å². The Labute approximate surface area is 99.4 Å². The molecule has 1 aromatic heterocycles. The SMILES string of the molecule is O=C(O)c1c(I)cc(=O)[nH]c1OC(F)(F)F. The summed E-state index contributed by atoms with van der Waals surface area (Å²) in [5.41, 5.74) is -1.62. The number of aromatic carboxylic acids is 1. The Kier molecular flexibility index (Phi) is 3.45. The highest BCUT2D eigenvalue weighted by atomic mass is 127. The lowest BCUT2D eigenvalue weighted by molar-refractivity contribution is -0.276. The molecule has 0 unspecified atom stereocenters. The van der Waals surface area contributed by atoms with Crippen LogP contribution < -0.4 is 10.3 Å². The van der Waals surface area contributed by atoms with E-state index in [1.807, 2.05) is 0 Å². The number of carbonyl (C=O) groups is 1. The average Bonchev–Trinajstić information content (AvgIpc) is 1.96. The van der Waals surface area contributed by atoms with Crippen LogP contribution in [0.5, 0.6) is 5.88 Å². The Balaban J connectivity index is 3.36. The maximum atomic E-state index is 11.9. The Morgan fingerprint density at radius 3 is 2.50 bits per heavy atom. The summed E-state index contributed by atoms with van der Waals surface area (Å²) in [6.07, 6.45) is -5.07. The van der Waals surface area contributed by atoms with Gasteiger partial charge in [-0.3, -0.25) is 9.78 Å². The first-order chi connectivity index (χ1) is 7.20. The molecule has 0 aromatic carbocycles. The molecule has 0 atom stereocenters. The number of rotatable bonds is 2. The third-order valence-electron chi connectivity index (χ3n) is 1.39. The summed E-state index contributed by atoms with van der Waals surface area (Å²) in [5.74, 6) is -2.75. The molecule has 0 fully saturated rings. The van der Waals surface area contributed by atoms with Crippen molar-refractivity contribution in [3.63, 3.8) is 0 Å². The molecule has 0 aliphatic carbocycles. The molecular weight excluding hydrogens is 346 g/mol. The van der Waals surface area contributed by atoms with Crippen LogP contribution in [0.15, 0.2) is 10.9 Å². The number of aromatic amines is 1. The van der Waals surface area contributed by atoms with Gasteiger partial charge in [0.25, 0.3) is 5.56 Å². The minimum atomic E-state index is -5.07. The van der Waals surface area contributed by atoms with Crippen molar-refractivity contribution in [2.24, 2.45) is 0 Å². The Bertz CT molecular complexity index is 482. The second kappa shape index (κ2) is 4.31. The predicted molar refractivity (Wildman–Crippen MR) is 53.4 cm³/mol. The zero-order chi connectivity index (χ0) is 12.5. The van der Waals surface area contributed by atoms with Gasteiger partial charge in [0.15, 0.2) is 0 Å². The zero-order valence-corrected chi connectivity index (χ0v) is 9.42. The van der Waals surface area contributed by atoms with E-state index in [1.54, 1.807) is 4.98 Å². The Morgan fingerprint density at radius 2 is 2.06 bits per heavy atom. The van der Waals surface area contributed by atoms with Crippen LogP contribution in [0.25, 0.3) is 0 Å². The smallest absolute Gasteiger partial charge is 0.477 e. The maximum Gasteiger partial charge on any atom is 0.574 e. The number of hydrogen-bond acceptors (Lipinski definition) is 3. The molecule has 9 heteroatoms. The van der Waals surface area contributed by atoms with Crippen molar-refractivity contribution >= 4 is 28.6 Å². The van der Waals surface area contributed by atoms with E-state index in [2.05, 4.69) is 4.74 Å². The van der Waals surface area contributed by atoms with Crippen LogP contribution in [0.3, 0.4) is 0 Å². The van der Waals surface area contributed by atoms with Crippen LogP contribution >= 0.6 is 22.6 Å². The largest absolute Gasteiger partial charge is 0.574 e. The highest BCUT2D eigenvalue weighted by Gasteiger charge is 2.34. The highest BCUT2D eigenvalue weighted by molar-refractivity contribution is 14.1. The van der Waals surface area contributed by atoms with E-state index in [0.29, 0.717) is 0 Å². The summed E-state index contributed by atoms with van der Waals surface area (Å²) in [6, 6.07) is 0.854. The fourth-order valence-electron chi connectivity index (χ4n) is 0.898. The number of halogens is 4. The Morgan fingerprint density at radius 1 is 1.50 bits per heavy atom. The van der Waals surface area contributed by atoms with Gasteiger partial charge in [-0.25, -0.2) is 4.79 Å². The zero-order valence-electron chi connectivity index (χ0n) is 7.26.